The number of hydrogen-bond acceptors (Lipinski definition) is 2. The number of nitrogens with two attached hydrogens (primary N) is 1. The van der Waals surface area contributed by atoms with Crippen LogP contribution in [-0.4, -0.2) is 12.6 Å². The first-order valence-electron chi connectivity index (χ1n) is 7.45. The fourth-order valence-electron chi connectivity index (χ4n) is 2.88. The summed E-state index contributed by atoms with van der Waals surface area (Å²) in [5.74, 6) is 0. The van der Waals surface area contributed by atoms with Crippen LogP contribution in [0.15, 0.2) is 24.3 Å². The van der Waals surface area contributed by atoms with Crippen molar-refractivity contribution >= 4 is 0 Å². The van der Waals surface area contributed by atoms with E-state index in [0.717, 1.165) is 49.8 Å². The molecule has 2 nitrogen and oxygen atoms in total. The Morgan fingerprint density at radius 2 is 1.76 bits per heavy atom. The molecule has 0 saturated heterocycles. The maximum Gasteiger partial charge on any atom is 0.416 e. The fourth-order valence-corrected chi connectivity index (χ4v) is 2.88. The molecule has 0 amide bonds. The van der Waals surface area contributed by atoms with Crippen LogP contribution >= 0.6 is 0 Å². The summed E-state index contributed by atoms with van der Waals surface area (Å²) in [6, 6.07) is 5.55. The largest absolute Gasteiger partial charge is 0.416 e. The van der Waals surface area contributed by atoms with Crippen LogP contribution in [0.25, 0.3) is 0 Å². The van der Waals surface area contributed by atoms with Crippen molar-refractivity contribution in [1.29, 1.82) is 0 Å². The van der Waals surface area contributed by atoms with E-state index < -0.39 is 17.3 Å². The van der Waals surface area contributed by atoms with Gasteiger partial charge in [0.05, 0.1) is 11.2 Å². The molecule has 2 rings (SSSR count). The molecule has 1 aromatic rings. The molecule has 1 aliphatic carbocycles. The minimum atomic E-state index is -4.30. The molecule has 0 aromatic heterocycles. The summed E-state index contributed by atoms with van der Waals surface area (Å²) in [5, 5.41) is 0. The van der Waals surface area contributed by atoms with Crippen molar-refractivity contribution in [3.8, 4) is 0 Å². The Morgan fingerprint density at radius 3 is 2.24 bits per heavy atom. The molecule has 1 aliphatic rings. The van der Waals surface area contributed by atoms with Gasteiger partial charge in [0.2, 0.25) is 0 Å². The Kier molecular flexibility index (Phi) is 4.94. The molecule has 1 saturated carbocycles. The standard InChI is InChI=1S/C16H22F3NO/c1-2-11-21-15(9-7-14(20)8-10-15)12-3-5-13(6-4-12)16(17,18)19/h3-6,14H,2,7-11,20H2,1H3. The van der Waals surface area contributed by atoms with Crippen molar-refractivity contribution in [3.63, 3.8) is 0 Å². The van der Waals surface area contributed by atoms with Gasteiger partial charge in [-0.2, -0.15) is 13.2 Å². The molecule has 0 heterocycles. The zero-order valence-electron chi connectivity index (χ0n) is 12.2. The molecule has 1 fully saturated rings. The average molecular weight is 301 g/mol. The van der Waals surface area contributed by atoms with Crippen molar-refractivity contribution < 1.29 is 17.9 Å². The highest BCUT2D eigenvalue weighted by Gasteiger charge is 2.38. The zero-order valence-corrected chi connectivity index (χ0v) is 12.2. The van der Waals surface area contributed by atoms with Gasteiger partial charge in [0.15, 0.2) is 0 Å². The van der Waals surface area contributed by atoms with Gasteiger partial charge in [-0.3, -0.25) is 0 Å². The zero-order chi connectivity index (χ0) is 15.5. The van der Waals surface area contributed by atoms with E-state index in [1.807, 2.05) is 6.92 Å². The van der Waals surface area contributed by atoms with E-state index in [1.54, 1.807) is 12.1 Å². The maximum absolute atomic E-state index is 12.7. The number of benzene rings is 1. The minimum Gasteiger partial charge on any atom is -0.370 e. The van der Waals surface area contributed by atoms with E-state index in [2.05, 4.69) is 0 Å². The van der Waals surface area contributed by atoms with Gasteiger partial charge in [-0.15, -0.1) is 0 Å². The van der Waals surface area contributed by atoms with E-state index in [1.165, 1.54) is 0 Å². The second-order valence-corrected chi connectivity index (χ2v) is 5.76. The van der Waals surface area contributed by atoms with Crippen LogP contribution in [0.1, 0.15) is 50.2 Å². The van der Waals surface area contributed by atoms with E-state index in [0.29, 0.717) is 6.61 Å². The highest BCUT2D eigenvalue weighted by Crippen LogP contribution is 2.41. The second kappa shape index (κ2) is 6.36. The van der Waals surface area contributed by atoms with Gasteiger partial charge in [0.1, 0.15) is 0 Å². The Morgan fingerprint density at radius 1 is 1.19 bits per heavy atom. The molecule has 0 radical (unpaired) electrons. The quantitative estimate of drug-likeness (QED) is 0.903. The van der Waals surface area contributed by atoms with Crippen LogP contribution in [0.2, 0.25) is 0 Å². The normalized spacial score (nSPS) is 26.8. The summed E-state index contributed by atoms with van der Waals surface area (Å²) in [4.78, 5) is 0. The van der Waals surface area contributed by atoms with E-state index in [-0.39, 0.29) is 6.04 Å². The summed E-state index contributed by atoms with van der Waals surface area (Å²) in [7, 11) is 0. The van der Waals surface area contributed by atoms with Gasteiger partial charge in [-0.05, 0) is 49.8 Å². The molecule has 0 unspecified atom stereocenters. The van der Waals surface area contributed by atoms with E-state index >= 15 is 0 Å². The molecule has 0 spiro atoms. The molecular weight excluding hydrogens is 279 g/mol. The third-order valence-electron chi connectivity index (χ3n) is 4.16. The van der Waals surface area contributed by atoms with E-state index in [4.69, 9.17) is 10.5 Å². The van der Waals surface area contributed by atoms with Gasteiger partial charge in [-0.1, -0.05) is 19.1 Å². The van der Waals surface area contributed by atoms with Crippen molar-refractivity contribution in [2.45, 2.75) is 56.8 Å². The summed E-state index contributed by atoms with van der Waals surface area (Å²) in [6.45, 7) is 2.63. The predicted octanol–water partition coefficient (Wildman–Crippen LogP) is 4.23. The molecule has 2 N–H and O–H groups in total. The Labute approximate surface area is 123 Å². The summed E-state index contributed by atoms with van der Waals surface area (Å²) in [5.41, 5.74) is 5.67. The SMILES string of the molecule is CCCOC1(c2ccc(C(F)(F)F)cc2)CCC(N)CC1. The minimum absolute atomic E-state index is 0.165. The van der Waals surface area contributed by atoms with Gasteiger partial charge >= 0.3 is 6.18 Å². The molecular formula is C16H22F3NO. The Balaban J connectivity index is 2.24. The van der Waals surface area contributed by atoms with Crippen LogP contribution in [0.4, 0.5) is 13.2 Å². The first-order valence-corrected chi connectivity index (χ1v) is 7.45. The number of rotatable bonds is 4. The average Bonchev–Trinajstić information content (AvgIpc) is 2.46. The van der Waals surface area contributed by atoms with Gasteiger partial charge in [-0.25, -0.2) is 0 Å². The lowest BCUT2D eigenvalue weighted by Gasteiger charge is -2.40. The molecule has 21 heavy (non-hydrogen) atoms. The van der Waals surface area contributed by atoms with Crippen LogP contribution in [0, 0.1) is 0 Å². The van der Waals surface area contributed by atoms with Gasteiger partial charge in [0.25, 0.3) is 0 Å². The molecule has 1 aromatic carbocycles. The second-order valence-electron chi connectivity index (χ2n) is 5.76. The topological polar surface area (TPSA) is 35.2 Å². The highest BCUT2D eigenvalue weighted by molar-refractivity contribution is 5.29. The molecule has 0 atom stereocenters. The van der Waals surface area contributed by atoms with Crippen LogP contribution in [0.3, 0.4) is 0 Å². The molecule has 0 aliphatic heterocycles. The first kappa shape index (κ1) is 16.3. The van der Waals surface area contributed by atoms with Gasteiger partial charge in [0, 0.05) is 12.6 Å². The van der Waals surface area contributed by atoms with Gasteiger partial charge < -0.3 is 10.5 Å². The van der Waals surface area contributed by atoms with Crippen molar-refractivity contribution in [1.82, 2.24) is 0 Å². The van der Waals surface area contributed by atoms with Crippen molar-refractivity contribution in [2.75, 3.05) is 6.61 Å². The third-order valence-corrected chi connectivity index (χ3v) is 4.16. The fraction of sp³-hybridized carbons (Fsp3) is 0.625. The number of hydrogen-bond donors (Lipinski definition) is 1. The lowest BCUT2D eigenvalue weighted by atomic mass is 9.77. The Hall–Kier alpha value is -1.07. The third kappa shape index (κ3) is 3.77. The molecule has 5 heteroatoms. The summed E-state index contributed by atoms with van der Waals surface area (Å²) in [6.07, 6.45) is -0.214. The lowest BCUT2D eigenvalue weighted by molar-refractivity contribution is -0.137. The van der Waals surface area contributed by atoms with Crippen LogP contribution < -0.4 is 5.73 Å². The van der Waals surface area contributed by atoms with Crippen LogP contribution in [0.5, 0.6) is 0 Å². The molecule has 118 valence electrons. The maximum atomic E-state index is 12.7. The number of ether oxygens (including phenoxy) is 1. The summed E-state index contributed by atoms with van der Waals surface area (Å²) < 4.78 is 44.0. The summed E-state index contributed by atoms with van der Waals surface area (Å²) >= 11 is 0. The first-order chi connectivity index (χ1) is 9.87. The van der Waals surface area contributed by atoms with Crippen molar-refractivity contribution in [3.05, 3.63) is 35.4 Å². The van der Waals surface area contributed by atoms with E-state index in [9.17, 15) is 13.2 Å². The lowest BCUT2D eigenvalue weighted by Crippen LogP contribution is -2.39. The predicted molar refractivity (Wildman–Crippen MR) is 75.8 cm³/mol. The van der Waals surface area contributed by atoms with Crippen LogP contribution in [-0.2, 0) is 16.5 Å². The Bertz CT molecular complexity index is 442. The van der Waals surface area contributed by atoms with Crippen molar-refractivity contribution in [2.24, 2.45) is 5.73 Å². The highest BCUT2D eigenvalue weighted by atomic mass is 19.4. The smallest absolute Gasteiger partial charge is 0.370 e. The monoisotopic (exact) mass is 301 g/mol. The molecule has 0 bridgehead atoms. The number of alkyl halides is 3. The number of halogens is 3.